The Bertz CT molecular complexity index is 1230. The molecule has 0 radical (unpaired) electrons. The molecular weight excluding hydrogens is 450 g/mol. The van der Waals surface area contributed by atoms with Crippen LogP contribution in [0.1, 0.15) is 43.0 Å². The molecule has 1 saturated heterocycles. The van der Waals surface area contributed by atoms with Crippen molar-refractivity contribution in [1.29, 1.82) is 0 Å². The number of amides is 1. The molecule has 3 heterocycles. The van der Waals surface area contributed by atoms with Gasteiger partial charge in [0.05, 0.1) is 15.1 Å². The maximum Gasteiger partial charge on any atom is 0.257 e. The Balaban J connectivity index is 1.32. The average Bonchev–Trinajstić information content (AvgIpc) is 3.42. The molecule has 1 aromatic heterocycles. The van der Waals surface area contributed by atoms with E-state index in [9.17, 15) is 13.2 Å². The number of anilines is 1. The summed E-state index contributed by atoms with van der Waals surface area (Å²) < 4.78 is 39.4. The van der Waals surface area contributed by atoms with Gasteiger partial charge in [0.15, 0.2) is 16.6 Å². The van der Waals surface area contributed by atoms with Gasteiger partial charge in [-0.2, -0.15) is 4.31 Å². The van der Waals surface area contributed by atoms with E-state index in [1.165, 1.54) is 35.6 Å². The first-order chi connectivity index (χ1) is 15.5. The highest BCUT2D eigenvalue weighted by atomic mass is 32.2. The van der Waals surface area contributed by atoms with Gasteiger partial charge in [0.25, 0.3) is 5.91 Å². The lowest BCUT2D eigenvalue weighted by molar-refractivity contribution is 0.102. The second-order valence-electron chi connectivity index (χ2n) is 7.84. The van der Waals surface area contributed by atoms with Gasteiger partial charge < -0.3 is 9.47 Å². The first-order valence-electron chi connectivity index (χ1n) is 10.6. The summed E-state index contributed by atoms with van der Waals surface area (Å²) in [5.41, 5.74) is 1.08. The zero-order valence-corrected chi connectivity index (χ0v) is 19.2. The van der Waals surface area contributed by atoms with Gasteiger partial charge in [-0.05, 0) is 43.5 Å². The fourth-order valence-corrected chi connectivity index (χ4v) is 6.79. The molecule has 1 amide bonds. The maximum atomic E-state index is 13.1. The Morgan fingerprint density at radius 1 is 1.19 bits per heavy atom. The van der Waals surface area contributed by atoms with E-state index in [1.807, 2.05) is 13.0 Å². The lowest BCUT2D eigenvalue weighted by Crippen LogP contribution is -2.43. The van der Waals surface area contributed by atoms with Crippen molar-refractivity contribution >= 4 is 42.6 Å². The van der Waals surface area contributed by atoms with Gasteiger partial charge in [-0.3, -0.25) is 10.1 Å². The lowest BCUT2D eigenvalue weighted by Gasteiger charge is -2.34. The third kappa shape index (κ3) is 3.82. The standard InChI is InChI=1S/C22H23N3O5S2/c1-2-15-5-3-4-10-25(15)32(27,28)16-8-6-14(7-9-16)21(26)24-22-23-17-11-18-19(30-13-29-18)12-20(17)31-22/h6-9,11-12,15H,2-5,10,13H2,1H3,(H,23,24,26). The third-order valence-electron chi connectivity index (χ3n) is 5.87. The first-order valence-corrected chi connectivity index (χ1v) is 12.8. The molecular formula is C22H23N3O5S2. The molecule has 32 heavy (non-hydrogen) atoms. The molecule has 1 N–H and O–H groups in total. The minimum atomic E-state index is -3.58. The molecule has 2 aliphatic heterocycles. The van der Waals surface area contributed by atoms with Crippen LogP contribution in [0.3, 0.4) is 0 Å². The van der Waals surface area contributed by atoms with E-state index in [4.69, 9.17) is 9.47 Å². The fraction of sp³-hybridized carbons (Fsp3) is 0.364. The highest BCUT2D eigenvalue weighted by molar-refractivity contribution is 7.89. The lowest BCUT2D eigenvalue weighted by atomic mass is 10.0. The molecule has 2 aromatic carbocycles. The van der Waals surface area contributed by atoms with Crippen LogP contribution in [-0.4, -0.2) is 43.0 Å². The average molecular weight is 474 g/mol. The molecule has 5 rings (SSSR count). The molecule has 0 aliphatic carbocycles. The molecule has 0 spiro atoms. The highest BCUT2D eigenvalue weighted by Crippen LogP contribution is 2.39. The molecule has 3 aromatic rings. The van der Waals surface area contributed by atoms with Crippen molar-refractivity contribution in [2.75, 3.05) is 18.7 Å². The number of carbonyl (C=O) groups excluding carboxylic acids is 1. The van der Waals surface area contributed by atoms with Gasteiger partial charge in [0.2, 0.25) is 16.8 Å². The van der Waals surface area contributed by atoms with Crippen LogP contribution < -0.4 is 14.8 Å². The number of hydrogen-bond donors (Lipinski definition) is 1. The summed E-state index contributed by atoms with van der Waals surface area (Å²) in [6.07, 6.45) is 3.61. The van der Waals surface area contributed by atoms with Crippen LogP contribution in [-0.2, 0) is 10.0 Å². The normalized spacial score (nSPS) is 18.7. The smallest absolute Gasteiger partial charge is 0.257 e. The summed E-state index contributed by atoms with van der Waals surface area (Å²) in [6, 6.07) is 9.75. The quantitative estimate of drug-likeness (QED) is 0.596. The predicted molar refractivity (Wildman–Crippen MR) is 122 cm³/mol. The third-order valence-corrected chi connectivity index (χ3v) is 8.77. The monoisotopic (exact) mass is 473 g/mol. The molecule has 2 aliphatic rings. The van der Waals surface area contributed by atoms with Gasteiger partial charge >= 0.3 is 0 Å². The van der Waals surface area contributed by atoms with Crippen LogP contribution in [0, 0.1) is 0 Å². The first kappa shape index (κ1) is 21.2. The van der Waals surface area contributed by atoms with Crippen molar-refractivity contribution in [3.05, 3.63) is 42.0 Å². The summed E-state index contributed by atoms with van der Waals surface area (Å²) in [4.78, 5) is 17.4. The molecule has 1 unspecified atom stereocenters. The topological polar surface area (TPSA) is 97.8 Å². The van der Waals surface area contributed by atoms with Gasteiger partial charge in [-0.25, -0.2) is 13.4 Å². The minimum absolute atomic E-state index is 0.0351. The number of thiazole rings is 1. The maximum absolute atomic E-state index is 13.1. The zero-order valence-electron chi connectivity index (χ0n) is 17.5. The van der Waals surface area contributed by atoms with E-state index in [2.05, 4.69) is 10.3 Å². The molecule has 168 valence electrons. The molecule has 10 heteroatoms. The number of hydrogen-bond acceptors (Lipinski definition) is 7. The van der Waals surface area contributed by atoms with E-state index in [0.29, 0.717) is 34.3 Å². The summed E-state index contributed by atoms with van der Waals surface area (Å²) in [5, 5.41) is 3.24. The van der Waals surface area contributed by atoms with Gasteiger partial charge in [0, 0.05) is 30.3 Å². The molecule has 0 saturated carbocycles. The predicted octanol–water partition coefficient (Wildman–Crippen LogP) is 4.23. The van der Waals surface area contributed by atoms with E-state index in [1.54, 1.807) is 10.4 Å². The van der Waals surface area contributed by atoms with Gasteiger partial charge in [-0.15, -0.1) is 0 Å². The van der Waals surface area contributed by atoms with Crippen molar-refractivity contribution < 1.29 is 22.7 Å². The van der Waals surface area contributed by atoms with E-state index in [-0.39, 0.29) is 23.6 Å². The van der Waals surface area contributed by atoms with Crippen LogP contribution in [0.2, 0.25) is 0 Å². The van der Waals surface area contributed by atoms with Crippen LogP contribution in [0.5, 0.6) is 11.5 Å². The number of nitrogens with one attached hydrogen (secondary N) is 1. The number of fused-ring (bicyclic) bond motifs is 2. The number of piperidine rings is 1. The molecule has 1 atom stereocenters. The molecule has 8 nitrogen and oxygen atoms in total. The minimum Gasteiger partial charge on any atom is -0.454 e. The highest BCUT2D eigenvalue weighted by Gasteiger charge is 2.32. The van der Waals surface area contributed by atoms with E-state index in [0.717, 1.165) is 30.4 Å². The second kappa shape index (κ2) is 8.34. The Morgan fingerprint density at radius 2 is 1.94 bits per heavy atom. The number of rotatable bonds is 5. The Morgan fingerprint density at radius 3 is 2.69 bits per heavy atom. The Hall–Kier alpha value is -2.69. The van der Waals surface area contributed by atoms with Crippen LogP contribution in [0.15, 0.2) is 41.3 Å². The van der Waals surface area contributed by atoms with Crippen molar-refractivity contribution in [2.24, 2.45) is 0 Å². The number of sulfonamides is 1. The van der Waals surface area contributed by atoms with Crippen molar-refractivity contribution in [3.8, 4) is 11.5 Å². The molecule has 0 bridgehead atoms. The number of ether oxygens (including phenoxy) is 2. The zero-order chi connectivity index (χ0) is 22.3. The number of nitrogens with zero attached hydrogens (tertiary/aromatic N) is 2. The van der Waals surface area contributed by atoms with E-state index >= 15 is 0 Å². The molecule has 1 fully saturated rings. The Kier molecular flexibility index (Phi) is 5.52. The van der Waals surface area contributed by atoms with Gasteiger partial charge in [-0.1, -0.05) is 24.7 Å². The second-order valence-corrected chi connectivity index (χ2v) is 10.8. The van der Waals surface area contributed by atoms with Crippen LogP contribution in [0.25, 0.3) is 10.2 Å². The van der Waals surface area contributed by atoms with Crippen molar-refractivity contribution in [2.45, 2.75) is 43.5 Å². The summed E-state index contributed by atoms with van der Waals surface area (Å²) in [5.74, 6) is 0.948. The van der Waals surface area contributed by atoms with Crippen molar-refractivity contribution in [1.82, 2.24) is 9.29 Å². The Labute approximate surface area is 190 Å². The number of aromatic nitrogens is 1. The van der Waals surface area contributed by atoms with Crippen molar-refractivity contribution in [3.63, 3.8) is 0 Å². The number of benzene rings is 2. The summed E-state index contributed by atoms with van der Waals surface area (Å²) in [7, 11) is -3.58. The fourth-order valence-electron chi connectivity index (χ4n) is 4.15. The van der Waals surface area contributed by atoms with Crippen LogP contribution in [0.4, 0.5) is 5.13 Å². The van der Waals surface area contributed by atoms with Crippen LogP contribution >= 0.6 is 11.3 Å². The summed E-state index contributed by atoms with van der Waals surface area (Å²) in [6.45, 7) is 2.75. The van der Waals surface area contributed by atoms with Gasteiger partial charge in [0.1, 0.15) is 0 Å². The number of carbonyl (C=O) groups is 1. The van der Waals surface area contributed by atoms with E-state index < -0.39 is 10.0 Å². The SMILES string of the molecule is CCC1CCCCN1S(=O)(=O)c1ccc(C(=O)Nc2nc3cc4c(cc3s2)OCO4)cc1. The largest absolute Gasteiger partial charge is 0.454 e. The summed E-state index contributed by atoms with van der Waals surface area (Å²) >= 11 is 1.33.